The average molecular weight is 477 g/mol. The molecule has 174 valence electrons. The number of amides is 1. The predicted molar refractivity (Wildman–Crippen MR) is 128 cm³/mol. The lowest BCUT2D eigenvalue weighted by Gasteiger charge is -2.32. The Labute approximate surface area is 195 Å². The first-order valence-corrected chi connectivity index (χ1v) is 13.6. The number of rotatable bonds is 8. The minimum atomic E-state index is -3.64. The van der Waals surface area contributed by atoms with E-state index in [4.69, 9.17) is 0 Å². The van der Waals surface area contributed by atoms with Gasteiger partial charge in [0.25, 0.3) is 5.91 Å². The van der Waals surface area contributed by atoms with Crippen LogP contribution >= 0.6 is 11.3 Å². The van der Waals surface area contributed by atoms with Crippen LogP contribution in [0.15, 0.2) is 40.6 Å². The van der Waals surface area contributed by atoms with Crippen LogP contribution in [0.2, 0.25) is 0 Å². The molecule has 0 saturated carbocycles. The van der Waals surface area contributed by atoms with Gasteiger partial charge in [0.1, 0.15) is 0 Å². The van der Waals surface area contributed by atoms with Crippen molar-refractivity contribution in [1.82, 2.24) is 19.4 Å². The van der Waals surface area contributed by atoms with Crippen molar-refractivity contribution >= 4 is 27.3 Å². The summed E-state index contributed by atoms with van der Waals surface area (Å²) in [6, 6.07) is 8.39. The molecular formula is C23H32N4O3S2. The molecule has 7 nitrogen and oxygen atoms in total. The highest BCUT2D eigenvalue weighted by molar-refractivity contribution is 7.89. The number of thiophene rings is 1. The van der Waals surface area contributed by atoms with E-state index >= 15 is 0 Å². The number of fused-ring (bicyclic) bond motifs is 1. The van der Waals surface area contributed by atoms with Crippen molar-refractivity contribution in [2.75, 3.05) is 52.9 Å². The zero-order chi connectivity index (χ0) is 22.6. The van der Waals surface area contributed by atoms with Crippen molar-refractivity contribution in [3.8, 4) is 0 Å². The normalized spacial score (nSPS) is 18.4. The number of hydrogen-bond donors (Lipinski definition) is 1. The molecular weight excluding hydrogens is 444 g/mol. The Kier molecular flexibility index (Phi) is 7.63. The van der Waals surface area contributed by atoms with Crippen LogP contribution in [0, 0.1) is 0 Å². The number of piperazine rings is 1. The fourth-order valence-electron chi connectivity index (χ4n) is 4.21. The summed E-state index contributed by atoms with van der Waals surface area (Å²) in [5.74, 6) is -0.222. The Bertz CT molecular complexity index is 1030. The van der Waals surface area contributed by atoms with Crippen LogP contribution in [0.5, 0.6) is 0 Å². The molecule has 0 radical (unpaired) electrons. The minimum Gasteiger partial charge on any atom is -0.352 e. The van der Waals surface area contributed by atoms with E-state index in [1.165, 1.54) is 15.2 Å². The number of sulfonamides is 1. The molecule has 1 fully saturated rings. The molecule has 0 spiro atoms. The highest BCUT2D eigenvalue weighted by atomic mass is 32.2. The molecule has 2 aromatic rings. The van der Waals surface area contributed by atoms with Gasteiger partial charge in [-0.2, -0.15) is 4.31 Å². The Morgan fingerprint density at radius 2 is 1.91 bits per heavy atom. The zero-order valence-electron chi connectivity index (χ0n) is 18.6. The lowest BCUT2D eigenvalue weighted by atomic mass is 10.1. The van der Waals surface area contributed by atoms with Crippen molar-refractivity contribution in [2.24, 2.45) is 0 Å². The van der Waals surface area contributed by atoms with Crippen LogP contribution < -0.4 is 5.32 Å². The van der Waals surface area contributed by atoms with Crippen LogP contribution in [0.1, 0.15) is 33.6 Å². The molecule has 1 saturated heterocycles. The smallest absolute Gasteiger partial charge is 0.251 e. The van der Waals surface area contributed by atoms with Crippen LogP contribution in [-0.4, -0.2) is 81.3 Å². The first kappa shape index (κ1) is 23.4. The maximum Gasteiger partial charge on any atom is 0.251 e. The van der Waals surface area contributed by atoms with Crippen molar-refractivity contribution in [3.63, 3.8) is 0 Å². The summed E-state index contributed by atoms with van der Waals surface area (Å²) in [6.45, 7) is 6.95. The summed E-state index contributed by atoms with van der Waals surface area (Å²) in [4.78, 5) is 18.8. The van der Waals surface area contributed by atoms with E-state index < -0.39 is 10.0 Å². The van der Waals surface area contributed by atoms with E-state index in [0.717, 1.165) is 57.5 Å². The molecule has 0 atom stereocenters. The summed E-state index contributed by atoms with van der Waals surface area (Å²) >= 11 is 1.68. The van der Waals surface area contributed by atoms with Crippen LogP contribution in [0.4, 0.5) is 0 Å². The fourth-order valence-corrected chi connectivity index (χ4v) is 6.57. The third-order valence-corrected chi connectivity index (χ3v) is 9.15. The van der Waals surface area contributed by atoms with Crippen molar-refractivity contribution in [2.45, 2.75) is 30.7 Å². The number of likely N-dealkylation sites (N-methyl/N-ethyl adjacent to an activating group) is 1. The standard InChI is InChI=1S/C23H32N4O3S2/c1-25-12-14-26(15-13-25)10-3-2-9-24-23(28)19-5-4-6-21(17-19)32(29,30)27-11-7-22-20(18-27)8-16-31-22/h4-6,8,16-17H,2-3,7,9-15,18H2,1H3,(H,24,28). The quantitative estimate of drug-likeness (QED) is 0.592. The largest absolute Gasteiger partial charge is 0.352 e. The van der Waals surface area contributed by atoms with Gasteiger partial charge < -0.3 is 15.1 Å². The van der Waals surface area contributed by atoms with Gasteiger partial charge in [-0.05, 0) is 68.1 Å². The Balaban J connectivity index is 1.28. The Hall–Kier alpha value is -1.78. The van der Waals surface area contributed by atoms with Crippen molar-refractivity contribution in [3.05, 3.63) is 51.7 Å². The third-order valence-electron chi connectivity index (χ3n) is 6.29. The molecule has 2 aliphatic heterocycles. The number of unbranched alkanes of at least 4 members (excludes halogenated alkanes) is 1. The Morgan fingerprint density at radius 3 is 2.72 bits per heavy atom. The van der Waals surface area contributed by atoms with Gasteiger partial charge in [0, 0.05) is 56.3 Å². The lowest BCUT2D eigenvalue weighted by Crippen LogP contribution is -2.44. The van der Waals surface area contributed by atoms with E-state index in [0.29, 0.717) is 25.2 Å². The van der Waals surface area contributed by atoms with Crippen LogP contribution in [0.3, 0.4) is 0 Å². The van der Waals surface area contributed by atoms with Gasteiger partial charge in [-0.3, -0.25) is 4.79 Å². The summed E-state index contributed by atoms with van der Waals surface area (Å²) in [6.07, 6.45) is 2.69. The summed E-state index contributed by atoms with van der Waals surface area (Å²) in [5, 5.41) is 4.95. The average Bonchev–Trinajstić information content (AvgIpc) is 3.28. The minimum absolute atomic E-state index is 0.180. The van der Waals surface area contributed by atoms with Crippen molar-refractivity contribution in [1.29, 1.82) is 0 Å². The molecule has 9 heteroatoms. The van der Waals surface area contributed by atoms with Gasteiger partial charge in [-0.15, -0.1) is 11.3 Å². The molecule has 1 aromatic carbocycles. The van der Waals surface area contributed by atoms with Gasteiger partial charge in [-0.25, -0.2) is 8.42 Å². The highest BCUT2D eigenvalue weighted by Gasteiger charge is 2.29. The first-order chi connectivity index (χ1) is 15.4. The van der Waals surface area contributed by atoms with Crippen LogP contribution in [0.25, 0.3) is 0 Å². The summed E-state index contributed by atoms with van der Waals surface area (Å²) < 4.78 is 27.8. The number of carbonyl (C=O) groups excluding carboxylic acids is 1. The second kappa shape index (κ2) is 10.4. The van der Waals surface area contributed by atoms with Gasteiger partial charge in [0.15, 0.2) is 0 Å². The lowest BCUT2D eigenvalue weighted by molar-refractivity contribution is 0.0951. The number of benzene rings is 1. The molecule has 2 aliphatic rings. The molecule has 1 N–H and O–H groups in total. The topological polar surface area (TPSA) is 73.0 Å². The van der Waals surface area contributed by atoms with Crippen molar-refractivity contribution < 1.29 is 13.2 Å². The van der Waals surface area contributed by atoms with E-state index in [1.807, 2.05) is 11.4 Å². The molecule has 0 unspecified atom stereocenters. The Morgan fingerprint density at radius 1 is 1.09 bits per heavy atom. The fraction of sp³-hybridized carbons (Fsp3) is 0.522. The maximum atomic E-state index is 13.2. The second-order valence-corrected chi connectivity index (χ2v) is 11.5. The van der Waals surface area contributed by atoms with E-state index in [1.54, 1.807) is 29.5 Å². The van der Waals surface area contributed by atoms with Gasteiger partial charge >= 0.3 is 0 Å². The SMILES string of the molecule is CN1CCN(CCCCNC(=O)c2cccc(S(=O)(=O)N3CCc4sccc4C3)c2)CC1. The molecule has 32 heavy (non-hydrogen) atoms. The molecule has 0 aliphatic carbocycles. The number of nitrogens with zero attached hydrogens (tertiary/aromatic N) is 3. The summed E-state index contributed by atoms with van der Waals surface area (Å²) in [7, 11) is -1.48. The van der Waals surface area contributed by atoms with E-state index in [9.17, 15) is 13.2 Å². The third kappa shape index (κ3) is 5.58. The maximum absolute atomic E-state index is 13.2. The highest BCUT2D eigenvalue weighted by Crippen LogP contribution is 2.28. The predicted octanol–water partition coefficient (Wildman–Crippen LogP) is 2.25. The van der Waals surface area contributed by atoms with Crippen LogP contribution in [-0.2, 0) is 23.0 Å². The second-order valence-electron chi connectivity index (χ2n) is 8.59. The first-order valence-electron chi connectivity index (χ1n) is 11.3. The van der Waals surface area contributed by atoms with Gasteiger partial charge in [0.05, 0.1) is 4.90 Å². The number of nitrogens with one attached hydrogen (secondary N) is 1. The number of carbonyl (C=O) groups is 1. The molecule has 1 amide bonds. The van der Waals surface area contributed by atoms with Gasteiger partial charge in [0.2, 0.25) is 10.0 Å². The summed E-state index contributed by atoms with van der Waals surface area (Å²) in [5.41, 5.74) is 1.47. The van der Waals surface area contributed by atoms with E-state index in [2.05, 4.69) is 22.2 Å². The monoisotopic (exact) mass is 476 g/mol. The molecule has 4 rings (SSSR count). The van der Waals surface area contributed by atoms with E-state index in [-0.39, 0.29) is 10.8 Å². The molecule has 0 bridgehead atoms. The zero-order valence-corrected chi connectivity index (χ0v) is 20.3. The molecule has 1 aromatic heterocycles. The van der Waals surface area contributed by atoms with Gasteiger partial charge in [-0.1, -0.05) is 6.07 Å². The number of hydrogen-bond acceptors (Lipinski definition) is 6. The molecule has 3 heterocycles.